The summed E-state index contributed by atoms with van der Waals surface area (Å²) in [6.45, 7) is 33.4. The van der Waals surface area contributed by atoms with Crippen LogP contribution in [-0.2, 0) is 97.2 Å². The van der Waals surface area contributed by atoms with E-state index in [1.807, 2.05) is 21.9 Å². The second kappa shape index (κ2) is 30.9. The summed E-state index contributed by atoms with van der Waals surface area (Å²) >= 11 is 12.5. The van der Waals surface area contributed by atoms with Gasteiger partial charge in [0, 0.05) is 225 Å². The van der Waals surface area contributed by atoms with Gasteiger partial charge in [0.1, 0.15) is 26.2 Å². The number of likely N-dealkylation sites (N-methyl/N-ethyl adjacent to an activating group) is 4. The van der Waals surface area contributed by atoms with Crippen LogP contribution in [0.5, 0.6) is 0 Å². The van der Waals surface area contributed by atoms with Crippen LogP contribution in [0.2, 0.25) is 10.0 Å². The van der Waals surface area contributed by atoms with Crippen molar-refractivity contribution < 1.29 is 19.2 Å². The van der Waals surface area contributed by atoms with Crippen molar-refractivity contribution in [3.63, 3.8) is 0 Å². The van der Waals surface area contributed by atoms with Gasteiger partial charge < -0.3 is 57.5 Å². The van der Waals surface area contributed by atoms with Crippen LogP contribution in [-0.4, -0.2) is 211 Å². The number of halogens is 2. The molecule has 101 heavy (non-hydrogen) atoms. The average Bonchev–Trinajstić information content (AvgIpc) is 1.62. The van der Waals surface area contributed by atoms with Gasteiger partial charge in [-0.2, -0.15) is 0 Å². The maximum Gasteiger partial charge on any atom is 0.242 e. The number of likely N-dealkylation sites (tertiary alicyclic amines) is 3. The molecule has 0 saturated carbocycles. The van der Waals surface area contributed by atoms with Gasteiger partial charge in [0.15, 0.2) is 0 Å². The third-order valence-corrected chi connectivity index (χ3v) is 24.1. The molecule has 4 saturated heterocycles. The summed E-state index contributed by atoms with van der Waals surface area (Å²) in [4.78, 5) is 71.9. The number of hydrogen-bond donors (Lipinski definition) is 0. The molecule has 0 unspecified atom stereocenters. The van der Waals surface area contributed by atoms with E-state index >= 15 is 0 Å². The molecule has 0 aliphatic carbocycles. The first-order valence-corrected chi connectivity index (χ1v) is 38.6. The van der Waals surface area contributed by atoms with Crippen molar-refractivity contribution >= 4 is 90.4 Å². The Morgan fingerprint density at radius 3 is 1.14 bits per heavy atom. The van der Waals surface area contributed by atoms with Gasteiger partial charge in [-0.1, -0.05) is 53.4 Å². The van der Waals surface area contributed by atoms with E-state index in [0.717, 1.165) is 202 Å². The number of aryl methyl sites for hydroxylation is 2. The molecule has 0 atom stereocenters. The van der Waals surface area contributed by atoms with Crippen LogP contribution in [0.1, 0.15) is 136 Å². The quantitative estimate of drug-likeness (QED) is 0.139. The maximum absolute atomic E-state index is 13.2. The number of nitrogens with zero attached hydrogens (tertiary/aromatic N) is 13. The summed E-state index contributed by atoms with van der Waals surface area (Å²) in [6.07, 6.45) is 12.0. The molecule has 8 aromatic rings. The van der Waals surface area contributed by atoms with E-state index in [-0.39, 0.29) is 29.2 Å². The molecule has 0 bridgehead atoms. The van der Waals surface area contributed by atoms with E-state index in [0.29, 0.717) is 32.2 Å². The van der Waals surface area contributed by atoms with Crippen LogP contribution in [0.25, 0.3) is 43.6 Å². The molecule has 4 aromatic heterocycles. The first-order chi connectivity index (χ1) is 48.5. The number of benzene rings is 4. The minimum atomic E-state index is -0.0398. The van der Waals surface area contributed by atoms with E-state index in [1.165, 1.54) is 95.2 Å². The van der Waals surface area contributed by atoms with Crippen molar-refractivity contribution in [2.45, 2.75) is 183 Å². The lowest BCUT2D eigenvalue weighted by molar-refractivity contribution is -0.139. The highest BCUT2D eigenvalue weighted by atomic mass is 35.5. The Labute approximate surface area is 609 Å². The number of fused-ring (bicyclic) bond motifs is 12. The van der Waals surface area contributed by atoms with Gasteiger partial charge >= 0.3 is 0 Å². The van der Waals surface area contributed by atoms with Crippen molar-refractivity contribution in [3.05, 3.63) is 139 Å². The SMILES string of the molecule is CC(C)N1CCN(C(=O)Cn2c3c(c4cc(Cl)ccc42)CN(C)CC3)CC1.CN1CCc2c(c3cc(Cl)ccc3n2CC(=O)N2CCCCC2(C)C)C1.Cc1ccc2c(c1)c1c(n2CC(=O)N2CCC(C)CC2)CCN(C)C1.Cc1ccc2c(c1)c1c(n2CC(=O)N2CCCC2)CCN(C)C1. The second-order valence-electron chi connectivity index (χ2n) is 31.8. The Hall–Kier alpha value is -6.70. The van der Waals surface area contributed by atoms with Crippen LogP contribution in [0.4, 0.5) is 0 Å². The number of hydrogen-bond acceptors (Lipinski definition) is 9. The van der Waals surface area contributed by atoms with Crippen LogP contribution < -0.4 is 0 Å². The Morgan fingerprint density at radius 2 is 0.762 bits per heavy atom. The highest BCUT2D eigenvalue weighted by Gasteiger charge is 2.36. The molecule has 16 rings (SSSR count). The van der Waals surface area contributed by atoms with Gasteiger partial charge in [0.2, 0.25) is 23.6 Å². The monoisotopic (exact) mass is 1410 g/mol. The van der Waals surface area contributed by atoms with Crippen LogP contribution >= 0.6 is 23.2 Å². The molecule has 4 fully saturated rings. The predicted molar refractivity (Wildman–Crippen MR) is 411 cm³/mol. The van der Waals surface area contributed by atoms with Crippen LogP contribution in [0.3, 0.4) is 0 Å². The Balaban J connectivity index is 0.000000121. The number of piperidine rings is 2. The summed E-state index contributed by atoms with van der Waals surface area (Å²) in [5.74, 6) is 1.78. The molecular weight excluding hydrogens is 1300 g/mol. The molecule has 19 heteroatoms. The number of rotatable bonds is 9. The molecule has 542 valence electrons. The van der Waals surface area contributed by atoms with Crippen LogP contribution in [0, 0.1) is 19.8 Å². The van der Waals surface area contributed by atoms with Crippen molar-refractivity contribution in [2.75, 3.05) is 113 Å². The van der Waals surface area contributed by atoms with E-state index < -0.39 is 0 Å². The van der Waals surface area contributed by atoms with Gasteiger partial charge in [-0.05, 0) is 204 Å². The summed E-state index contributed by atoms with van der Waals surface area (Å²) in [7, 11) is 8.66. The van der Waals surface area contributed by atoms with Crippen molar-refractivity contribution in [3.8, 4) is 0 Å². The lowest BCUT2D eigenvalue weighted by Crippen LogP contribution is -2.51. The van der Waals surface area contributed by atoms with E-state index in [2.05, 4.69) is 190 Å². The fourth-order valence-corrected chi connectivity index (χ4v) is 17.9. The second-order valence-corrected chi connectivity index (χ2v) is 32.7. The summed E-state index contributed by atoms with van der Waals surface area (Å²) < 4.78 is 9.08. The topological polar surface area (TPSA) is 117 Å². The fraction of sp³-hybridized carbons (Fsp3) is 0.561. The zero-order chi connectivity index (χ0) is 71.1. The third-order valence-electron chi connectivity index (χ3n) is 23.6. The smallest absolute Gasteiger partial charge is 0.242 e. The summed E-state index contributed by atoms with van der Waals surface area (Å²) in [5.41, 5.74) is 18.1. The molecule has 12 heterocycles. The van der Waals surface area contributed by atoms with Gasteiger partial charge in [-0.25, -0.2) is 0 Å². The molecule has 4 amide bonds. The number of amides is 4. The number of carbonyl (C=O) groups excluding carboxylic acids is 4. The first kappa shape index (κ1) is 72.6. The van der Waals surface area contributed by atoms with Gasteiger partial charge in [0.05, 0.1) is 0 Å². The molecule has 0 N–H and O–H groups in total. The summed E-state index contributed by atoms with van der Waals surface area (Å²) in [6, 6.07) is 26.0. The Morgan fingerprint density at radius 1 is 0.426 bits per heavy atom. The lowest BCUT2D eigenvalue weighted by atomic mass is 9.90. The highest BCUT2D eigenvalue weighted by Crippen LogP contribution is 2.38. The average molecular weight is 1410 g/mol. The van der Waals surface area contributed by atoms with Crippen molar-refractivity contribution in [1.29, 1.82) is 0 Å². The molecule has 0 radical (unpaired) electrons. The van der Waals surface area contributed by atoms with Gasteiger partial charge in [-0.15, -0.1) is 0 Å². The van der Waals surface area contributed by atoms with Gasteiger partial charge in [-0.3, -0.25) is 24.1 Å². The highest BCUT2D eigenvalue weighted by molar-refractivity contribution is 6.31. The van der Waals surface area contributed by atoms with Gasteiger partial charge in [0.25, 0.3) is 0 Å². The number of aromatic nitrogens is 4. The first-order valence-electron chi connectivity index (χ1n) is 37.9. The minimum Gasteiger partial charge on any atom is -0.341 e. The van der Waals surface area contributed by atoms with E-state index in [1.54, 1.807) is 0 Å². The lowest BCUT2D eigenvalue weighted by Gasteiger charge is -2.42. The largest absolute Gasteiger partial charge is 0.341 e. The van der Waals surface area contributed by atoms with Crippen molar-refractivity contribution in [2.24, 2.45) is 5.92 Å². The molecule has 8 aliphatic heterocycles. The molecule has 8 aliphatic rings. The number of carbonyl (C=O) groups is 4. The zero-order valence-corrected chi connectivity index (χ0v) is 63.9. The minimum absolute atomic E-state index is 0.0398. The maximum atomic E-state index is 13.2. The van der Waals surface area contributed by atoms with Crippen LogP contribution in [0.15, 0.2) is 72.8 Å². The normalized spacial score (nSPS) is 19.4. The molecular formula is C82H111Cl2N13O4. The molecule has 17 nitrogen and oxygen atoms in total. The third kappa shape index (κ3) is 15.7. The van der Waals surface area contributed by atoms with Crippen molar-refractivity contribution in [1.82, 2.24) is 62.4 Å². The fourth-order valence-electron chi connectivity index (χ4n) is 17.6. The molecule has 0 spiro atoms. The Bertz CT molecular complexity index is 4360. The van der Waals surface area contributed by atoms with E-state index in [9.17, 15) is 19.2 Å². The molecule has 4 aromatic carbocycles. The zero-order valence-electron chi connectivity index (χ0n) is 62.4. The Kier molecular flexibility index (Phi) is 22.2. The standard InChI is InChI=1S/C21H29ClN4O.C21H28ClN3O.C21H29N3O.C19H25N3O/c1-15(2)24-8-10-25(11-9-24)21(27)14-26-19-5-4-16(22)12-17(19)18-13-23(3)7-6-20(18)26;1-21(2)9-4-5-10-25(21)20(26)14-24-18-7-6-15(22)12-16(18)17-13-23(3)11-8-19(17)24;1-15-6-10-23(11-7-15)21(25)14-24-19-5-4-16(2)12-17(19)18-13-22(3)9-8-20(18)24;1-14-5-6-17-15(11-14)16-12-20(2)10-7-18(16)22(17)13-19(23)21-8-3-4-9-21/h4-5,12,15H,6-11,13-14H2,1-3H3;6-7,12H,4-5,8-11,13-14H2,1-3H3;4-5,12,15H,6-11,13-14H2,1-3H3;5-6,11H,3-4,7-10,12-13H2,1-2H3. The summed E-state index contributed by atoms with van der Waals surface area (Å²) in [5, 5.41) is 6.58. The predicted octanol–water partition coefficient (Wildman–Crippen LogP) is 12.7. The number of piperazine rings is 1. The van der Waals surface area contributed by atoms with E-state index in [4.69, 9.17) is 23.2 Å².